The van der Waals surface area contributed by atoms with Crippen LogP contribution >= 0.6 is 11.3 Å². The molecule has 1 aromatic carbocycles. The molecule has 2 N–H and O–H groups in total. The minimum atomic E-state index is -0.917. The molecule has 4 aliphatic heterocycles. The van der Waals surface area contributed by atoms with Gasteiger partial charge in [-0.15, -0.1) is 0 Å². The van der Waals surface area contributed by atoms with Crippen molar-refractivity contribution in [1.29, 1.82) is 0 Å². The van der Waals surface area contributed by atoms with Gasteiger partial charge < -0.3 is 19.5 Å². The van der Waals surface area contributed by atoms with Gasteiger partial charge in [-0.25, -0.2) is 19.0 Å². The first-order valence-electron chi connectivity index (χ1n) is 17.7. The number of hydrogen-bond donors (Lipinski definition) is 2. The van der Waals surface area contributed by atoms with Crippen LogP contribution in [-0.4, -0.2) is 103 Å². The van der Waals surface area contributed by atoms with Crippen LogP contribution < -0.4 is 15.0 Å². The van der Waals surface area contributed by atoms with Crippen LogP contribution in [0.4, 0.5) is 24.9 Å². The van der Waals surface area contributed by atoms with Crippen LogP contribution in [0.1, 0.15) is 70.4 Å². The summed E-state index contributed by atoms with van der Waals surface area (Å²) in [5.41, 5.74) is 2.17. The number of fused-ring (bicyclic) bond motifs is 5. The van der Waals surface area contributed by atoms with Gasteiger partial charge in [0, 0.05) is 24.8 Å². The van der Waals surface area contributed by atoms with Crippen LogP contribution in [0.5, 0.6) is 6.01 Å². The van der Waals surface area contributed by atoms with Crippen LogP contribution in [0.25, 0.3) is 32.4 Å². The van der Waals surface area contributed by atoms with Crippen LogP contribution in [-0.2, 0) is 4.74 Å². The van der Waals surface area contributed by atoms with Gasteiger partial charge in [0.05, 0.1) is 33.2 Å². The van der Waals surface area contributed by atoms with Crippen LogP contribution in [0.2, 0.25) is 0 Å². The fourth-order valence-corrected chi connectivity index (χ4v) is 9.53. The highest BCUT2D eigenvalue weighted by Gasteiger charge is 2.46. The van der Waals surface area contributed by atoms with Crippen molar-refractivity contribution in [2.24, 2.45) is 0 Å². The largest absolute Gasteiger partial charge is 0.465 e. The number of ether oxygens (including phenoxy) is 2. The van der Waals surface area contributed by atoms with Crippen LogP contribution in [0.15, 0.2) is 12.3 Å². The molecule has 51 heavy (non-hydrogen) atoms. The van der Waals surface area contributed by atoms with Gasteiger partial charge in [-0.05, 0) is 103 Å². The van der Waals surface area contributed by atoms with E-state index in [0.717, 1.165) is 67.4 Å². The maximum Gasteiger partial charge on any atom is 0.413 e. The molecule has 7 heterocycles. The predicted molar refractivity (Wildman–Crippen MR) is 192 cm³/mol. The maximum absolute atomic E-state index is 17.2. The second-order valence-electron chi connectivity index (χ2n) is 15.4. The number of aryl methyl sites for hydroxylation is 1. The fourth-order valence-electron chi connectivity index (χ4n) is 8.57. The molecule has 4 aromatic rings. The predicted octanol–water partition coefficient (Wildman–Crippen LogP) is 6.74. The zero-order chi connectivity index (χ0) is 35.8. The molecule has 270 valence electrons. The Morgan fingerprint density at radius 1 is 1.08 bits per heavy atom. The number of rotatable bonds is 6. The molecule has 8 rings (SSSR count). The van der Waals surface area contributed by atoms with Crippen molar-refractivity contribution in [2.75, 3.05) is 43.0 Å². The molecule has 4 fully saturated rings. The van der Waals surface area contributed by atoms with Gasteiger partial charge in [-0.3, -0.25) is 20.1 Å². The summed E-state index contributed by atoms with van der Waals surface area (Å²) in [5, 5.41) is 13.4. The van der Waals surface area contributed by atoms with E-state index in [1.165, 1.54) is 11.3 Å². The number of amides is 2. The van der Waals surface area contributed by atoms with Crippen molar-refractivity contribution in [1.82, 2.24) is 29.7 Å². The minimum Gasteiger partial charge on any atom is -0.465 e. The summed E-state index contributed by atoms with van der Waals surface area (Å²) >= 11 is 1.28. The van der Waals surface area contributed by atoms with E-state index >= 15 is 4.39 Å². The molecule has 2 amide bonds. The average molecular weight is 719 g/mol. The summed E-state index contributed by atoms with van der Waals surface area (Å²) in [7, 11) is 0. The third-order valence-electron chi connectivity index (χ3n) is 11.0. The zero-order valence-electron chi connectivity index (χ0n) is 29.6. The quantitative estimate of drug-likeness (QED) is 0.219. The van der Waals surface area contributed by atoms with E-state index in [4.69, 9.17) is 29.4 Å². The van der Waals surface area contributed by atoms with Crippen LogP contribution in [0, 0.1) is 19.7 Å². The highest BCUT2D eigenvalue weighted by atomic mass is 32.1. The number of hydrogen-bond acceptors (Lipinski definition) is 11. The Labute approximate surface area is 299 Å². The zero-order valence-corrected chi connectivity index (χ0v) is 30.4. The van der Waals surface area contributed by atoms with Crippen LogP contribution in [0.3, 0.4) is 0 Å². The summed E-state index contributed by atoms with van der Waals surface area (Å²) < 4.78 is 29.8. The van der Waals surface area contributed by atoms with E-state index in [1.54, 1.807) is 31.9 Å². The second kappa shape index (κ2) is 12.4. The van der Waals surface area contributed by atoms with Gasteiger partial charge in [0.2, 0.25) is 0 Å². The van der Waals surface area contributed by atoms with Crippen molar-refractivity contribution in [2.45, 2.75) is 96.4 Å². The Morgan fingerprint density at radius 2 is 1.78 bits per heavy atom. The number of piperazine rings is 1. The van der Waals surface area contributed by atoms with E-state index in [1.807, 2.05) is 24.8 Å². The van der Waals surface area contributed by atoms with Crippen molar-refractivity contribution in [3.05, 3.63) is 29.2 Å². The maximum atomic E-state index is 17.2. The lowest BCUT2D eigenvalue weighted by molar-refractivity contribution is 0.0635. The summed E-state index contributed by atoms with van der Waals surface area (Å²) in [5.74, 6) is -0.134. The molecule has 2 bridgehead atoms. The normalized spacial score (nSPS) is 21.5. The van der Waals surface area contributed by atoms with E-state index in [0.29, 0.717) is 47.1 Å². The molecule has 15 heteroatoms. The first kappa shape index (κ1) is 33.8. The van der Waals surface area contributed by atoms with Crippen molar-refractivity contribution < 1.29 is 28.6 Å². The summed E-state index contributed by atoms with van der Waals surface area (Å²) in [6, 6.07) is 1.69. The smallest absolute Gasteiger partial charge is 0.413 e. The van der Waals surface area contributed by atoms with Crippen molar-refractivity contribution in [3.63, 3.8) is 0 Å². The lowest BCUT2D eigenvalue weighted by Crippen LogP contribution is -2.55. The number of carboxylic acid groups (broad SMARTS) is 1. The average Bonchev–Trinajstić information content (AvgIpc) is 3.81. The number of nitrogens with one attached hydrogen (secondary N) is 1. The minimum absolute atomic E-state index is 0.0629. The topological polar surface area (TPSA) is 146 Å². The number of benzene rings is 1. The van der Waals surface area contributed by atoms with E-state index in [2.05, 4.69) is 10.2 Å². The van der Waals surface area contributed by atoms with E-state index < -0.39 is 23.6 Å². The summed E-state index contributed by atoms with van der Waals surface area (Å²) in [6.45, 7) is 12.6. The number of nitrogens with zero attached hydrogens (tertiary/aromatic N) is 7. The van der Waals surface area contributed by atoms with Crippen molar-refractivity contribution >= 4 is 55.6 Å². The molecule has 3 aromatic heterocycles. The highest BCUT2D eigenvalue weighted by molar-refractivity contribution is 7.22. The molecular formula is C36H43FN8O5S. The Morgan fingerprint density at radius 3 is 2.45 bits per heavy atom. The van der Waals surface area contributed by atoms with Crippen molar-refractivity contribution in [3.8, 4) is 17.3 Å². The number of pyridine rings is 1. The van der Waals surface area contributed by atoms with Gasteiger partial charge in [-0.1, -0.05) is 11.3 Å². The monoisotopic (exact) mass is 718 g/mol. The number of thiazole rings is 1. The van der Waals surface area contributed by atoms with E-state index in [9.17, 15) is 14.7 Å². The van der Waals surface area contributed by atoms with E-state index in [-0.39, 0.29) is 34.8 Å². The number of carbonyl (C=O) groups excluding carboxylic acids is 1. The SMILES string of the molecule is Cc1cc2sc(NC(=O)OC(C)(C)C)nc2c(-c2ncc3c(N4CC5CCC(C4)N5C(=O)O)nc(OCC45CCCN4CCC5)nc3c2F)c1C. The Bertz CT molecular complexity index is 2040. The van der Waals surface area contributed by atoms with Gasteiger partial charge in [0.15, 0.2) is 10.9 Å². The van der Waals surface area contributed by atoms with Gasteiger partial charge in [-0.2, -0.15) is 9.97 Å². The number of carbonyl (C=O) groups is 2. The fraction of sp³-hybridized carbons (Fsp3) is 0.556. The lowest BCUT2D eigenvalue weighted by Gasteiger charge is -2.40. The molecule has 0 aliphatic carbocycles. The molecule has 0 radical (unpaired) electrons. The molecular weight excluding hydrogens is 676 g/mol. The first-order chi connectivity index (χ1) is 24.3. The molecule has 0 spiro atoms. The summed E-state index contributed by atoms with van der Waals surface area (Å²) in [4.78, 5) is 49.7. The molecule has 2 unspecified atom stereocenters. The third-order valence-corrected chi connectivity index (χ3v) is 11.9. The molecule has 4 saturated heterocycles. The molecule has 2 atom stereocenters. The molecule has 13 nitrogen and oxygen atoms in total. The van der Waals surface area contributed by atoms with Gasteiger partial charge >= 0.3 is 18.2 Å². The third kappa shape index (κ3) is 5.97. The van der Waals surface area contributed by atoms with Gasteiger partial charge in [0.1, 0.15) is 29.2 Å². The highest BCUT2D eigenvalue weighted by Crippen LogP contribution is 2.42. The second-order valence-corrected chi connectivity index (χ2v) is 16.4. The number of aromatic nitrogens is 4. The molecule has 4 aliphatic rings. The molecule has 0 saturated carbocycles. The lowest BCUT2D eigenvalue weighted by atomic mass is 9.95. The van der Waals surface area contributed by atoms with Gasteiger partial charge in [0.25, 0.3) is 0 Å². The Hall–Kier alpha value is -4.37. The Kier molecular flexibility index (Phi) is 8.20. The Balaban J connectivity index is 1.22. The number of halogens is 1. The number of anilines is 2. The first-order valence-corrected chi connectivity index (χ1v) is 18.5. The summed E-state index contributed by atoms with van der Waals surface area (Å²) in [6.07, 6.45) is 5.89. The standard InChI is InChI=1S/C36H43FN8O5S/c1-19-14-24-28(40-32(51-24)42-33(46)50-35(3,4)5)25(20(19)2)29-26(37)27-23(15-38-29)30(43-16-21-8-9-22(17-43)45(21)34(47)48)41-31(39-27)49-18-36-10-6-12-44(36)13-7-11-36/h14-15,21-22H,6-13,16-18H2,1-5H3,(H,47,48)(H,40,42,46).